The minimum atomic E-state index is 0.122. The Morgan fingerprint density at radius 3 is 2.83 bits per heavy atom. The van der Waals surface area contributed by atoms with Gasteiger partial charge in [0.25, 0.3) is 0 Å². The minimum Gasteiger partial charge on any atom is -0.490 e. The van der Waals surface area contributed by atoms with Crippen LogP contribution in [0.2, 0.25) is 10.4 Å². The van der Waals surface area contributed by atoms with Crippen LogP contribution in [0, 0.1) is 5.41 Å². The van der Waals surface area contributed by atoms with Crippen LogP contribution < -0.4 is 9.64 Å². The van der Waals surface area contributed by atoms with Crippen molar-refractivity contribution >= 4 is 38.4 Å². The SMILES string of the molecule is CCC1c2c(OC3CC4(C3)CN(c3nc(Cl)nnc3Cl)C4)ccnc2CCN1P. The smallest absolute Gasteiger partial charge is 0.245 e. The molecule has 29 heavy (non-hydrogen) atoms. The number of halogens is 2. The number of nitrogens with zero attached hydrogens (tertiary/aromatic N) is 6. The highest BCUT2D eigenvalue weighted by Crippen LogP contribution is 2.52. The molecular weight excluding hydrogens is 430 g/mol. The van der Waals surface area contributed by atoms with Gasteiger partial charge in [0, 0.05) is 49.3 Å². The van der Waals surface area contributed by atoms with Crippen molar-refractivity contribution in [1.29, 1.82) is 0 Å². The van der Waals surface area contributed by atoms with Gasteiger partial charge in [-0.05, 0) is 36.9 Å². The largest absolute Gasteiger partial charge is 0.490 e. The summed E-state index contributed by atoms with van der Waals surface area (Å²) < 4.78 is 8.79. The van der Waals surface area contributed by atoms with Crippen LogP contribution in [-0.4, -0.2) is 50.6 Å². The van der Waals surface area contributed by atoms with Crippen LogP contribution in [0.1, 0.15) is 43.5 Å². The number of fused-ring (bicyclic) bond motifs is 1. The van der Waals surface area contributed by atoms with E-state index in [0.717, 1.165) is 51.1 Å². The molecule has 1 aliphatic carbocycles. The van der Waals surface area contributed by atoms with Gasteiger partial charge >= 0.3 is 0 Å². The molecule has 7 nitrogen and oxygen atoms in total. The van der Waals surface area contributed by atoms with Crippen molar-refractivity contribution in [1.82, 2.24) is 24.8 Å². The van der Waals surface area contributed by atoms with Gasteiger partial charge in [-0.15, -0.1) is 10.2 Å². The third-order valence-corrected chi connectivity index (χ3v) is 7.35. The van der Waals surface area contributed by atoms with E-state index in [0.29, 0.717) is 17.0 Å². The summed E-state index contributed by atoms with van der Waals surface area (Å²) in [5, 5.41) is 7.95. The first-order chi connectivity index (χ1) is 14.0. The van der Waals surface area contributed by atoms with Gasteiger partial charge < -0.3 is 9.64 Å². The Morgan fingerprint density at radius 1 is 1.28 bits per heavy atom. The molecule has 1 saturated heterocycles. The summed E-state index contributed by atoms with van der Waals surface area (Å²) in [6.07, 6.45) is 6.19. The van der Waals surface area contributed by atoms with E-state index in [2.05, 4.69) is 46.0 Å². The number of ether oxygens (including phenoxy) is 1. The van der Waals surface area contributed by atoms with E-state index in [1.165, 1.54) is 11.3 Å². The summed E-state index contributed by atoms with van der Waals surface area (Å²) in [5.41, 5.74) is 2.72. The average Bonchev–Trinajstić information content (AvgIpc) is 2.65. The summed E-state index contributed by atoms with van der Waals surface area (Å²) >= 11 is 12.0. The number of hydrogen-bond donors (Lipinski definition) is 0. The zero-order valence-corrected chi connectivity index (χ0v) is 18.9. The fourth-order valence-electron chi connectivity index (χ4n) is 4.98. The molecule has 2 unspecified atom stereocenters. The molecule has 0 radical (unpaired) electrons. The molecule has 2 atom stereocenters. The molecule has 2 aliphatic heterocycles. The number of aromatic nitrogens is 4. The van der Waals surface area contributed by atoms with E-state index in [4.69, 9.17) is 27.9 Å². The Balaban J connectivity index is 1.24. The first-order valence-electron chi connectivity index (χ1n) is 9.94. The van der Waals surface area contributed by atoms with Crippen LogP contribution in [0.15, 0.2) is 12.3 Å². The molecule has 1 spiro atoms. The van der Waals surface area contributed by atoms with Gasteiger partial charge in [0.05, 0.1) is 5.69 Å². The molecule has 1 saturated carbocycles. The Bertz CT molecular complexity index is 933. The lowest BCUT2D eigenvalue weighted by atomic mass is 9.61. The van der Waals surface area contributed by atoms with Gasteiger partial charge in [-0.2, -0.15) is 4.98 Å². The van der Waals surface area contributed by atoms with Gasteiger partial charge in [-0.25, -0.2) is 0 Å². The summed E-state index contributed by atoms with van der Waals surface area (Å²) in [7, 11) is 2.86. The van der Waals surface area contributed by atoms with E-state index in [-0.39, 0.29) is 16.8 Å². The maximum Gasteiger partial charge on any atom is 0.245 e. The van der Waals surface area contributed by atoms with Crippen LogP contribution in [0.3, 0.4) is 0 Å². The van der Waals surface area contributed by atoms with Gasteiger partial charge in [-0.3, -0.25) is 9.65 Å². The maximum atomic E-state index is 6.46. The number of pyridine rings is 1. The molecule has 3 aliphatic rings. The van der Waals surface area contributed by atoms with Crippen molar-refractivity contribution < 1.29 is 4.74 Å². The Hall–Kier alpha value is -1.27. The lowest BCUT2D eigenvalue weighted by molar-refractivity contribution is -0.0352. The molecule has 0 N–H and O–H groups in total. The molecule has 10 heteroatoms. The molecule has 5 rings (SSSR count). The normalized spacial score (nSPS) is 23.4. The van der Waals surface area contributed by atoms with Gasteiger partial charge in [-0.1, -0.05) is 27.9 Å². The predicted molar refractivity (Wildman–Crippen MR) is 116 cm³/mol. The zero-order valence-electron chi connectivity index (χ0n) is 16.2. The van der Waals surface area contributed by atoms with Crippen LogP contribution in [0.25, 0.3) is 0 Å². The third kappa shape index (κ3) is 3.46. The minimum absolute atomic E-state index is 0.122. The Kier molecular flexibility index (Phi) is 5.06. The highest BCUT2D eigenvalue weighted by Gasteiger charge is 2.54. The van der Waals surface area contributed by atoms with Crippen molar-refractivity contribution in [2.75, 3.05) is 24.5 Å². The Morgan fingerprint density at radius 2 is 2.07 bits per heavy atom. The van der Waals surface area contributed by atoms with E-state index in [1.54, 1.807) is 0 Å². The van der Waals surface area contributed by atoms with E-state index < -0.39 is 0 Å². The highest BCUT2D eigenvalue weighted by atomic mass is 35.5. The molecule has 2 fully saturated rings. The molecule has 2 aromatic heterocycles. The molecule has 2 aromatic rings. The summed E-state index contributed by atoms with van der Waals surface area (Å²) in [4.78, 5) is 11.0. The van der Waals surface area contributed by atoms with Crippen LogP contribution in [0.5, 0.6) is 5.75 Å². The molecule has 154 valence electrons. The van der Waals surface area contributed by atoms with E-state index in [9.17, 15) is 0 Å². The van der Waals surface area contributed by atoms with Crippen LogP contribution in [0.4, 0.5) is 5.82 Å². The number of anilines is 1. The van der Waals surface area contributed by atoms with Crippen molar-refractivity contribution in [3.8, 4) is 5.75 Å². The van der Waals surface area contributed by atoms with Crippen molar-refractivity contribution in [2.45, 2.75) is 44.8 Å². The first kappa shape index (κ1) is 19.7. The molecular formula is C19H23Cl2N6OP. The monoisotopic (exact) mass is 452 g/mol. The topological polar surface area (TPSA) is 67.3 Å². The fraction of sp³-hybridized carbons (Fsp3) is 0.579. The molecule has 0 aromatic carbocycles. The standard InChI is InChI=1S/C19H23Cl2N6OP/c1-2-13-15-12(4-6-27(13)29)22-5-3-14(15)28-11-7-19(8-11)9-26(10-19)17-16(20)24-25-18(21)23-17/h3,5,11,13H,2,4,6-10,29H2,1H3. The lowest BCUT2D eigenvalue weighted by Crippen LogP contribution is -2.65. The Labute approximate surface area is 182 Å². The third-order valence-electron chi connectivity index (χ3n) is 6.33. The molecule has 0 amide bonds. The van der Waals surface area contributed by atoms with E-state index in [1.807, 2.05) is 12.3 Å². The summed E-state index contributed by atoms with van der Waals surface area (Å²) in [5.74, 6) is 1.62. The molecule has 4 heterocycles. The zero-order chi connectivity index (χ0) is 20.2. The number of rotatable bonds is 4. The summed E-state index contributed by atoms with van der Waals surface area (Å²) in [6.45, 7) is 5.02. The second-order valence-electron chi connectivity index (χ2n) is 8.28. The van der Waals surface area contributed by atoms with E-state index >= 15 is 0 Å². The summed E-state index contributed by atoms with van der Waals surface area (Å²) in [6, 6.07) is 2.37. The van der Waals surface area contributed by atoms with Gasteiger partial charge in [0.15, 0.2) is 11.0 Å². The maximum absolute atomic E-state index is 6.46. The number of hydrogen-bond acceptors (Lipinski definition) is 7. The predicted octanol–water partition coefficient (Wildman–Crippen LogP) is 3.72. The van der Waals surface area contributed by atoms with Gasteiger partial charge in [0.2, 0.25) is 5.28 Å². The van der Waals surface area contributed by atoms with Gasteiger partial charge in [0.1, 0.15) is 11.9 Å². The average molecular weight is 453 g/mol. The second-order valence-corrected chi connectivity index (χ2v) is 9.64. The first-order valence-corrected chi connectivity index (χ1v) is 11.2. The quantitative estimate of drug-likeness (QED) is 0.654. The van der Waals surface area contributed by atoms with Crippen LogP contribution >= 0.6 is 32.6 Å². The lowest BCUT2D eigenvalue weighted by Gasteiger charge is -2.58. The van der Waals surface area contributed by atoms with Crippen molar-refractivity contribution in [3.63, 3.8) is 0 Å². The second kappa shape index (κ2) is 7.45. The van der Waals surface area contributed by atoms with Crippen molar-refractivity contribution in [2.24, 2.45) is 5.41 Å². The fourth-order valence-corrected chi connectivity index (χ4v) is 5.78. The van der Waals surface area contributed by atoms with Crippen molar-refractivity contribution in [3.05, 3.63) is 34.0 Å². The highest BCUT2D eigenvalue weighted by molar-refractivity contribution is 7.13. The molecule has 0 bridgehead atoms. The van der Waals surface area contributed by atoms with Crippen LogP contribution in [-0.2, 0) is 6.42 Å².